The molecule has 2 aromatic carbocycles. The van der Waals surface area contributed by atoms with Crippen LogP contribution in [0.1, 0.15) is 28.5 Å². The van der Waals surface area contributed by atoms with E-state index >= 15 is 0 Å². The summed E-state index contributed by atoms with van der Waals surface area (Å²) in [6.07, 6.45) is -5.28. The number of methoxy groups -OCH3 is 1. The van der Waals surface area contributed by atoms with Crippen molar-refractivity contribution in [3.63, 3.8) is 0 Å². The minimum atomic E-state index is -5.28. The predicted molar refractivity (Wildman–Crippen MR) is 139 cm³/mol. The van der Waals surface area contributed by atoms with Crippen molar-refractivity contribution in [1.29, 1.82) is 0 Å². The van der Waals surface area contributed by atoms with E-state index in [2.05, 4.69) is 10.3 Å². The highest BCUT2D eigenvalue weighted by molar-refractivity contribution is 5.95. The average Bonchev–Trinajstić information content (AvgIpc) is 3.30. The number of ether oxygens (including phenoxy) is 3. The number of aromatic nitrogens is 1. The summed E-state index contributed by atoms with van der Waals surface area (Å²) in [7, 11) is 1.31. The predicted octanol–water partition coefficient (Wildman–Crippen LogP) is 3.06. The molecule has 13 heteroatoms. The number of fused-ring (bicyclic) bond motifs is 1. The summed E-state index contributed by atoms with van der Waals surface area (Å²) in [5, 5.41) is 22.2. The summed E-state index contributed by atoms with van der Waals surface area (Å²) in [5.41, 5.74) is 1.07. The van der Waals surface area contributed by atoms with Crippen molar-refractivity contribution in [2.24, 2.45) is 5.73 Å². The Hall–Kier alpha value is -3.94. The van der Waals surface area contributed by atoms with Gasteiger partial charge in [-0.1, -0.05) is 6.92 Å². The van der Waals surface area contributed by atoms with Crippen molar-refractivity contribution < 1.29 is 46.8 Å². The van der Waals surface area contributed by atoms with Crippen LogP contribution in [-0.4, -0.2) is 67.3 Å². The number of pyridine rings is 1. The van der Waals surface area contributed by atoms with Gasteiger partial charge < -0.3 is 35.5 Å². The van der Waals surface area contributed by atoms with Crippen LogP contribution in [0.15, 0.2) is 48.5 Å². The Morgan fingerprint density at radius 1 is 1.17 bits per heavy atom. The number of nitrogens with one attached hydrogen (secondary N) is 1. The zero-order valence-electron chi connectivity index (χ0n) is 22.2. The first-order valence-electron chi connectivity index (χ1n) is 12.5. The van der Waals surface area contributed by atoms with E-state index in [1.807, 2.05) is 0 Å². The number of hydrogen-bond donors (Lipinski definition) is 4. The highest BCUT2D eigenvalue weighted by Crippen LogP contribution is 2.47. The Morgan fingerprint density at radius 2 is 1.88 bits per heavy atom. The number of rotatable bonds is 10. The second-order valence-corrected chi connectivity index (χ2v) is 9.77. The fraction of sp³-hybridized carbons (Fsp3) is 0.357. The standard InChI is InChI=1S/C28H29F4N3O6/c1-26(13-33)15-41-24-19(26)12-22(35-23(24)16-3-6-18(29)7-4-16)27(38,28(30,31)32)14-34-25(37)17-5-8-20(40-10-9-36)21(11-17)39-2/h3-8,11-12,36,38H,9-10,13-15,33H2,1-2H3,(H,34,37). The van der Waals surface area contributed by atoms with E-state index in [4.69, 9.17) is 25.1 Å². The molecule has 1 aromatic heterocycles. The first kappa shape index (κ1) is 30.0. The lowest BCUT2D eigenvalue weighted by molar-refractivity contribution is -0.265. The second kappa shape index (κ2) is 11.5. The fourth-order valence-electron chi connectivity index (χ4n) is 4.35. The van der Waals surface area contributed by atoms with E-state index in [0.717, 1.165) is 18.2 Å². The molecule has 2 unspecified atom stereocenters. The first-order chi connectivity index (χ1) is 19.4. The SMILES string of the molecule is COc1cc(C(=O)NCC(O)(c2cc3c(c(-c4ccc(F)cc4)n2)OCC3(C)CN)C(F)(F)F)ccc1OCCO. The summed E-state index contributed by atoms with van der Waals surface area (Å²) in [6, 6.07) is 9.90. The summed E-state index contributed by atoms with van der Waals surface area (Å²) < 4.78 is 73.5. The third-order valence-electron chi connectivity index (χ3n) is 6.90. The van der Waals surface area contributed by atoms with Gasteiger partial charge in [0.2, 0.25) is 5.60 Å². The topological polar surface area (TPSA) is 136 Å². The van der Waals surface area contributed by atoms with Crippen LogP contribution >= 0.6 is 0 Å². The van der Waals surface area contributed by atoms with E-state index < -0.39 is 41.2 Å². The minimum absolute atomic E-state index is 0.0212. The van der Waals surface area contributed by atoms with Gasteiger partial charge >= 0.3 is 6.18 Å². The number of carbonyl (C=O) groups excluding carboxylic acids is 1. The van der Waals surface area contributed by atoms with Crippen LogP contribution in [0.4, 0.5) is 17.6 Å². The van der Waals surface area contributed by atoms with Crippen molar-refractivity contribution in [2.45, 2.75) is 24.1 Å². The van der Waals surface area contributed by atoms with Gasteiger partial charge in [-0.25, -0.2) is 9.37 Å². The molecule has 9 nitrogen and oxygen atoms in total. The molecule has 2 heterocycles. The molecule has 0 fully saturated rings. The summed E-state index contributed by atoms with van der Waals surface area (Å²) >= 11 is 0. The maximum atomic E-state index is 14.5. The normalized spacial score (nSPS) is 17.8. The molecule has 1 aliphatic rings. The largest absolute Gasteiger partial charge is 0.493 e. The first-order valence-corrected chi connectivity index (χ1v) is 12.5. The molecule has 5 N–H and O–H groups in total. The quantitative estimate of drug-likeness (QED) is 0.269. The van der Waals surface area contributed by atoms with Gasteiger partial charge in [-0.2, -0.15) is 13.2 Å². The zero-order valence-corrected chi connectivity index (χ0v) is 22.2. The molecular formula is C28H29F4N3O6. The van der Waals surface area contributed by atoms with E-state index in [-0.39, 0.29) is 60.4 Å². The van der Waals surface area contributed by atoms with Gasteiger partial charge in [-0.05, 0) is 48.5 Å². The van der Waals surface area contributed by atoms with Gasteiger partial charge in [0.15, 0.2) is 11.5 Å². The molecule has 0 aliphatic carbocycles. The lowest BCUT2D eigenvalue weighted by Crippen LogP contribution is -2.51. The van der Waals surface area contributed by atoms with Crippen LogP contribution in [-0.2, 0) is 11.0 Å². The second-order valence-electron chi connectivity index (χ2n) is 9.77. The van der Waals surface area contributed by atoms with Crippen molar-refractivity contribution >= 4 is 5.91 Å². The molecule has 0 saturated carbocycles. The van der Waals surface area contributed by atoms with Crippen molar-refractivity contribution in [3.05, 3.63) is 71.2 Å². The van der Waals surface area contributed by atoms with Gasteiger partial charge in [0, 0.05) is 28.7 Å². The lowest BCUT2D eigenvalue weighted by atomic mass is 9.82. The number of nitrogens with zero attached hydrogens (tertiary/aromatic N) is 1. The molecule has 1 aliphatic heterocycles. The highest BCUT2D eigenvalue weighted by atomic mass is 19.4. The molecule has 0 bridgehead atoms. The minimum Gasteiger partial charge on any atom is -0.493 e. The molecule has 3 aromatic rings. The van der Waals surface area contributed by atoms with Gasteiger partial charge in [-0.3, -0.25) is 4.79 Å². The molecular weight excluding hydrogens is 550 g/mol. The maximum absolute atomic E-state index is 14.5. The van der Waals surface area contributed by atoms with Crippen LogP contribution in [0.5, 0.6) is 17.2 Å². The Morgan fingerprint density at radius 3 is 2.49 bits per heavy atom. The monoisotopic (exact) mass is 579 g/mol. The van der Waals surface area contributed by atoms with Gasteiger partial charge in [0.1, 0.15) is 23.9 Å². The van der Waals surface area contributed by atoms with Gasteiger partial charge in [-0.15, -0.1) is 0 Å². The van der Waals surface area contributed by atoms with E-state index in [0.29, 0.717) is 5.56 Å². The molecule has 0 saturated heterocycles. The number of nitrogens with two attached hydrogens (primary N) is 1. The van der Waals surface area contributed by atoms with Crippen LogP contribution in [0.3, 0.4) is 0 Å². The van der Waals surface area contributed by atoms with Crippen LogP contribution in [0.2, 0.25) is 0 Å². The summed E-state index contributed by atoms with van der Waals surface area (Å²) in [6.45, 7) is 0.189. The summed E-state index contributed by atoms with van der Waals surface area (Å²) in [5.74, 6) is -0.992. The Labute approximate surface area is 232 Å². The fourth-order valence-corrected chi connectivity index (χ4v) is 4.35. The number of alkyl halides is 3. The molecule has 4 rings (SSSR count). The van der Waals surface area contributed by atoms with E-state index in [9.17, 15) is 27.5 Å². The Balaban J connectivity index is 1.73. The van der Waals surface area contributed by atoms with Crippen LogP contribution in [0.25, 0.3) is 11.3 Å². The maximum Gasteiger partial charge on any atom is 0.424 e. The number of benzene rings is 2. The number of halogens is 4. The van der Waals surface area contributed by atoms with Crippen molar-refractivity contribution in [1.82, 2.24) is 10.3 Å². The molecule has 0 radical (unpaired) electrons. The smallest absolute Gasteiger partial charge is 0.424 e. The molecule has 0 spiro atoms. The number of aliphatic hydroxyl groups is 2. The van der Waals surface area contributed by atoms with Crippen molar-refractivity contribution in [3.8, 4) is 28.5 Å². The van der Waals surface area contributed by atoms with Crippen molar-refractivity contribution in [2.75, 3.05) is 40.0 Å². The number of carbonyl (C=O) groups is 1. The zero-order chi connectivity index (χ0) is 30.0. The van der Waals surface area contributed by atoms with E-state index in [1.165, 1.54) is 37.4 Å². The van der Waals surface area contributed by atoms with Gasteiger partial charge in [0.25, 0.3) is 5.91 Å². The van der Waals surface area contributed by atoms with Crippen LogP contribution in [0, 0.1) is 5.82 Å². The summed E-state index contributed by atoms with van der Waals surface area (Å²) in [4.78, 5) is 17.0. The third kappa shape index (κ3) is 5.78. The molecule has 1 amide bonds. The molecule has 220 valence electrons. The highest BCUT2D eigenvalue weighted by Gasteiger charge is 2.57. The Bertz CT molecular complexity index is 1420. The van der Waals surface area contributed by atoms with E-state index in [1.54, 1.807) is 6.92 Å². The average molecular weight is 580 g/mol. The number of amides is 1. The third-order valence-corrected chi connectivity index (χ3v) is 6.90. The number of aliphatic hydroxyl groups excluding tert-OH is 1. The number of hydrogen-bond acceptors (Lipinski definition) is 8. The molecule has 41 heavy (non-hydrogen) atoms. The lowest BCUT2D eigenvalue weighted by Gasteiger charge is -2.31. The van der Waals surface area contributed by atoms with Crippen LogP contribution < -0.4 is 25.3 Å². The Kier molecular flexibility index (Phi) is 8.43. The van der Waals surface area contributed by atoms with Gasteiger partial charge in [0.05, 0.1) is 32.6 Å². The molecule has 2 atom stereocenters.